The van der Waals surface area contributed by atoms with Crippen molar-refractivity contribution in [1.82, 2.24) is 4.90 Å². The quantitative estimate of drug-likeness (QED) is 0.923. The molecule has 1 aromatic carbocycles. The number of halogens is 2. The lowest BCUT2D eigenvalue weighted by molar-refractivity contribution is 0.0302. The second-order valence-electron chi connectivity index (χ2n) is 6.40. The van der Waals surface area contributed by atoms with Gasteiger partial charge in [0.2, 0.25) is 0 Å². The fourth-order valence-electron chi connectivity index (χ4n) is 4.00. The van der Waals surface area contributed by atoms with E-state index in [4.69, 9.17) is 0 Å². The molecule has 2 aliphatic rings. The van der Waals surface area contributed by atoms with E-state index < -0.39 is 11.6 Å². The van der Waals surface area contributed by atoms with E-state index in [-0.39, 0.29) is 23.6 Å². The molecule has 21 heavy (non-hydrogen) atoms. The van der Waals surface area contributed by atoms with Gasteiger partial charge in [-0.1, -0.05) is 18.9 Å². The van der Waals surface area contributed by atoms with E-state index in [1.54, 1.807) is 0 Å². The maximum absolute atomic E-state index is 13.9. The van der Waals surface area contributed by atoms with E-state index in [2.05, 4.69) is 4.90 Å². The zero-order valence-corrected chi connectivity index (χ0v) is 12.3. The Bertz CT molecular complexity index is 473. The van der Waals surface area contributed by atoms with Crippen molar-refractivity contribution in [3.05, 3.63) is 35.4 Å². The lowest BCUT2D eigenvalue weighted by Gasteiger charge is -2.40. The van der Waals surface area contributed by atoms with Gasteiger partial charge < -0.3 is 5.11 Å². The van der Waals surface area contributed by atoms with Gasteiger partial charge in [0.15, 0.2) is 0 Å². The molecule has 1 aliphatic heterocycles. The molecule has 1 saturated heterocycles. The number of likely N-dealkylation sites (tertiary alicyclic amines) is 1. The summed E-state index contributed by atoms with van der Waals surface area (Å²) >= 11 is 0. The van der Waals surface area contributed by atoms with Gasteiger partial charge in [-0.15, -0.1) is 0 Å². The largest absolute Gasteiger partial charge is 0.393 e. The van der Waals surface area contributed by atoms with E-state index in [1.807, 2.05) is 0 Å². The third kappa shape index (κ3) is 3.11. The van der Waals surface area contributed by atoms with Crippen LogP contribution in [0, 0.1) is 17.6 Å². The Balaban J connectivity index is 1.78. The number of hydrogen-bond donors (Lipinski definition) is 1. The Morgan fingerprint density at radius 2 is 1.81 bits per heavy atom. The molecule has 1 aromatic rings. The zero-order chi connectivity index (χ0) is 14.8. The van der Waals surface area contributed by atoms with Crippen LogP contribution in [0.2, 0.25) is 0 Å². The van der Waals surface area contributed by atoms with Crippen LogP contribution in [0.5, 0.6) is 0 Å². The maximum atomic E-state index is 13.9. The summed E-state index contributed by atoms with van der Waals surface area (Å²) in [6.07, 6.45) is 5.94. The van der Waals surface area contributed by atoms with E-state index in [0.29, 0.717) is 6.54 Å². The van der Waals surface area contributed by atoms with Gasteiger partial charge in [0, 0.05) is 24.1 Å². The molecule has 3 unspecified atom stereocenters. The van der Waals surface area contributed by atoms with Crippen LogP contribution in [0.1, 0.15) is 44.1 Å². The Labute approximate surface area is 124 Å². The average molecular weight is 295 g/mol. The van der Waals surface area contributed by atoms with Crippen molar-refractivity contribution in [2.45, 2.75) is 57.2 Å². The number of rotatable bonds is 3. The molecular formula is C17H23F2NO. The highest BCUT2D eigenvalue weighted by Gasteiger charge is 2.37. The third-order valence-electron chi connectivity index (χ3n) is 5.11. The molecule has 116 valence electrons. The average Bonchev–Trinajstić information content (AvgIpc) is 2.90. The summed E-state index contributed by atoms with van der Waals surface area (Å²) in [4.78, 5) is 2.18. The molecule has 0 spiro atoms. The lowest BCUT2D eigenvalue weighted by atomic mass is 9.87. The first-order valence-corrected chi connectivity index (χ1v) is 8.02. The van der Waals surface area contributed by atoms with E-state index >= 15 is 0 Å². The van der Waals surface area contributed by atoms with Gasteiger partial charge in [0.1, 0.15) is 11.6 Å². The molecule has 2 fully saturated rings. The number of nitrogens with zero attached hydrogens (tertiary/aromatic N) is 1. The summed E-state index contributed by atoms with van der Waals surface area (Å²) in [6.45, 7) is 1.17. The minimum Gasteiger partial charge on any atom is -0.393 e. The van der Waals surface area contributed by atoms with Crippen LogP contribution < -0.4 is 0 Å². The monoisotopic (exact) mass is 295 g/mol. The number of aliphatic hydroxyl groups is 1. The summed E-state index contributed by atoms with van der Waals surface area (Å²) < 4.78 is 27.7. The normalized spacial score (nSPS) is 30.7. The second-order valence-corrected chi connectivity index (χ2v) is 6.40. The molecule has 3 atom stereocenters. The standard InChI is InChI=1S/C17H23F2NO/c18-14-6-4-7-15(19)13(14)11-20-10-2-1-8-16(20)12-5-3-9-17(12)21/h4,6-7,12,16-17,21H,1-3,5,8-11H2. The Hall–Kier alpha value is -1.00. The van der Waals surface area contributed by atoms with Crippen LogP contribution >= 0.6 is 0 Å². The third-order valence-corrected chi connectivity index (χ3v) is 5.11. The molecule has 1 heterocycles. The van der Waals surface area contributed by atoms with Crippen molar-refractivity contribution in [2.24, 2.45) is 5.92 Å². The van der Waals surface area contributed by atoms with Gasteiger partial charge in [-0.2, -0.15) is 0 Å². The van der Waals surface area contributed by atoms with Crippen molar-refractivity contribution < 1.29 is 13.9 Å². The summed E-state index contributed by atoms with van der Waals surface area (Å²) in [5, 5.41) is 10.2. The Kier molecular flexibility index (Phi) is 4.55. The van der Waals surface area contributed by atoms with Gasteiger partial charge in [-0.05, 0) is 44.4 Å². The van der Waals surface area contributed by atoms with Crippen LogP contribution in [0.3, 0.4) is 0 Å². The summed E-state index contributed by atoms with van der Waals surface area (Å²) in [5.41, 5.74) is 0.164. The fourth-order valence-corrected chi connectivity index (χ4v) is 4.00. The predicted octanol–water partition coefficient (Wildman–Crippen LogP) is 3.48. The smallest absolute Gasteiger partial charge is 0.130 e. The lowest BCUT2D eigenvalue weighted by Crippen LogP contribution is -2.46. The number of piperidine rings is 1. The predicted molar refractivity (Wildman–Crippen MR) is 77.8 cm³/mol. The molecule has 3 rings (SSSR count). The van der Waals surface area contributed by atoms with Gasteiger partial charge >= 0.3 is 0 Å². The van der Waals surface area contributed by atoms with Gasteiger partial charge in [-0.3, -0.25) is 4.90 Å². The first-order chi connectivity index (χ1) is 10.2. The number of aliphatic hydroxyl groups excluding tert-OH is 1. The highest BCUT2D eigenvalue weighted by atomic mass is 19.1. The van der Waals surface area contributed by atoms with Crippen molar-refractivity contribution in [1.29, 1.82) is 0 Å². The van der Waals surface area contributed by atoms with Gasteiger partial charge in [0.25, 0.3) is 0 Å². The highest BCUT2D eigenvalue weighted by molar-refractivity contribution is 5.19. The highest BCUT2D eigenvalue weighted by Crippen LogP contribution is 2.36. The van der Waals surface area contributed by atoms with Crippen LogP contribution in [0.4, 0.5) is 8.78 Å². The maximum Gasteiger partial charge on any atom is 0.130 e. The molecule has 0 amide bonds. The van der Waals surface area contributed by atoms with Crippen LogP contribution in [0.25, 0.3) is 0 Å². The van der Waals surface area contributed by atoms with Crippen molar-refractivity contribution in [2.75, 3.05) is 6.54 Å². The first-order valence-electron chi connectivity index (χ1n) is 8.02. The molecule has 2 nitrogen and oxygen atoms in total. The molecular weight excluding hydrogens is 272 g/mol. The minimum absolute atomic E-state index is 0.164. The van der Waals surface area contributed by atoms with E-state index in [0.717, 1.165) is 45.1 Å². The minimum atomic E-state index is -0.466. The second kappa shape index (κ2) is 6.41. The van der Waals surface area contributed by atoms with Crippen LogP contribution in [-0.2, 0) is 6.54 Å². The molecule has 1 N–H and O–H groups in total. The van der Waals surface area contributed by atoms with Crippen molar-refractivity contribution >= 4 is 0 Å². The van der Waals surface area contributed by atoms with E-state index in [1.165, 1.54) is 18.2 Å². The molecule has 0 aromatic heterocycles. The number of hydrogen-bond acceptors (Lipinski definition) is 2. The Morgan fingerprint density at radius 3 is 2.48 bits per heavy atom. The SMILES string of the molecule is OC1CCCC1C1CCCCN1Cc1c(F)cccc1F. The van der Waals surface area contributed by atoms with Gasteiger partial charge in [0.05, 0.1) is 6.10 Å². The fraction of sp³-hybridized carbons (Fsp3) is 0.647. The van der Waals surface area contributed by atoms with Crippen LogP contribution in [-0.4, -0.2) is 28.7 Å². The van der Waals surface area contributed by atoms with Gasteiger partial charge in [-0.25, -0.2) is 8.78 Å². The summed E-state index contributed by atoms with van der Waals surface area (Å²) in [5.74, 6) is -0.669. The molecule has 0 radical (unpaired) electrons. The Morgan fingerprint density at radius 1 is 1.05 bits per heavy atom. The molecule has 1 aliphatic carbocycles. The number of benzene rings is 1. The first kappa shape index (κ1) is 14.9. The molecule has 1 saturated carbocycles. The van der Waals surface area contributed by atoms with E-state index in [9.17, 15) is 13.9 Å². The topological polar surface area (TPSA) is 23.5 Å². The molecule has 4 heteroatoms. The zero-order valence-electron chi connectivity index (χ0n) is 12.3. The molecule has 0 bridgehead atoms. The van der Waals surface area contributed by atoms with Crippen molar-refractivity contribution in [3.63, 3.8) is 0 Å². The summed E-state index contributed by atoms with van der Waals surface area (Å²) in [7, 11) is 0. The van der Waals surface area contributed by atoms with Crippen molar-refractivity contribution in [3.8, 4) is 0 Å². The van der Waals surface area contributed by atoms with Crippen LogP contribution in [0.15, 0.2) is 18.2 Å². The summed E-state index contributed by atoms with van der Waals surface area (Å²) in [6, 6.07) is 4.31.